The van der Waals surface area contributed by atoms with Crippen molar-refractivity contribution < 1.29 is 0 Å². The quantitative estimate of drug-likeness (QED) is 0.385. The first kappa shape index (κ1) is 9.36. The first-order valence-electron chi connectivity index (χ1n) is 3.10. The fraction of sp³-hybridized carbons (Fsp3) is 0. The summed E-state index contributed by atoms with van der Waals surface area (Å²) in [4.78, 5) is 0. The standard InChI is InChI=1S/C6H9N3.C2H4/c7-4-1-5(8)3-6(9)2-4;1-2/h1-3H,7-9H2;1-2H2. The average molecular weight is 151 g/mol. The third-order valence-electron chi connectivity index (χ3n) is 1.00. The van der Waals surface area contributed by atoms with Crippen molar-refractivity contribution in [2.24, 2.45) is 0 Å². The molecule has 0 bridgehead atoms. The Morgan fingerprint density at radius 1 is 0.727 bits per heavy atom. The molecule has 0 saturated heterocycles. The van der Waals surface area contributed by atoms with Gasteiger partial charge in [-0.15, -0.1) is 13.2 Å². The molecule has 0 unspecified atom stereocenters. The van der Waals surface area contributed by atoms with E-state index in [1.54, 1.807) is 18.2 Å². The van der Waals surface area contributed by atoms with Gasteiger partial charge in [0.05, 0.1) is 0 Å². The fourth-order valence-electron chi connectivity index (χ4n) is 0.702. The van der Waals surface area contributed by atoms with Crippen LogP contribution in [0.5, 0.6) is 0 Å². The second kappa shape index (κ2) is 4.22. The van der Waals surface area contributed by atoms with Gasteiger partial charge in [0, 0.05) is 17.1 Å². The van der Waals surface area contributed by atoms with Crippen LogP contribution in [0, 0.1) is 0 Å². The van der Waals surface area contributed by atoms with Crippen molar-refractivity contribution in [2.75, 3.05) is 17.2 Å². The molecular formula is C8H13N3. The molecule has 0 aliphatic rings. The molecule has 3 nitrogen and oxygen atoms in total. The summed E-state index contributed by atoms with van der Waals surface area (Å²) in [6.07, 6.45) is 0. The fourth-order valence-corrected chi connectivity index (χ4v) is 0.702. The molecule has 1 aromatic rings. The Morgan fingerprint density at radius 2 is 0.909 bits per heavy atom. The van der Waals surface area contributed by atoms with Crippen LogP contribution in [0.3, 0.4) is 0 Å². The molecule has 0 aromatic heterocycles. The van der Waals surface area contributed by atoms with Crippen LogP contribution in [-0.4, -0.2) is 0 Å². The summed E-state index contributed by atoms with van der Waals surface area (Å²) in [5.74, 6) is 0. The van der Waals surface area contributed by atoms with Crippen molar-refractivity contribution in [3.63, 3.8) is 0 Å². The first-order chi connectivity index (χ1) is 5.18. The zero-order valence-corrected chi connectivity index (χ0v) is 6.38. The smallest absolute Gasteiger partial charge is 0.0355 e. The Hall–Kier alpha value is -1.64. The van der Waals surface area contributed by atoms with Crippen LogP contribution < -0.4 is 17.2 Å². The van der Waals surface area contributed by atoms with Crippen LogP contribution in [0.25, 0.3) is 0 Å². The lowest BCUT2D eigenvalue weighted by molar-refractivity contribution is 1.65. The lowest BCUT2D eigenvalue weighted by atomic mass is 10.2. The SMILES string of the molecule is C=C.Nc1cc(N)cc(N)c1. The summed E-state index contributed by atoms with van der Waals surface area (Å²) in [5, 5.41) is 0. The molecule has 0 fully saturated rings. The number of benzene rings is 1. The molecule has 6 N–H and O–H groups in total. The third-order valence-corrected chi connectivity index (χ3v) is 1.00. The van der Waals surface area contributed by atoms with Crippen molar-refractivity contribution in [3.8, 4) is 0 Å². The van der Waals surface area contributed by atoms with E-state index < -0.39 is 0 Å². The van der Waals surface area contributed by atoms with Gasteiger partial charge in [-0.2, -0.15) is 0 Å². The van der Waals surface area contributed by atoms with Crippen LogP contribution in [0.15, 0.2) is 31.4 Å². The maximum atomic E-state index is 5.40. The average Bonchev–Trinajstić information content (AvgIpc) is 1.88. The molecule has 0 aliphatic heterocycles. The minimum Gasteiger partial charge on any atom is -0.399 e. The van der Waals surface area contributed by atoms with E-state index in [4.69, 9.17) is 17.2 Å². The number of hydrogen-bond acceptors (Lipinski definition) is 3. The van der Waals surface area contributed by atoms with Crippen molar-refractivity contribution in [3.05, 3.63) is 31.4 Å². The molecule has 0 saturated carbocycles. The number of hydrogen-bond donors (Lipinski definition) is 3. The molecule has 0 atom stereocenters. The maximum absolute atomic E-state index is 5.40. The van der Waals surface area contributed by atoms with Gasteiger partial charge < -0.3 is 17.2 Å². The lowest BCUT2D eigenvalue weighted by Crippen LogP contribution is -1.93. The molecule has 0 spiro atoms. The summed E-state index contributed by atoms with van der Waals surface area (Å²) in [6, 6.07) is 4.99. The molecule has 0 heterocycles. The predicted octanol–water partition coefficient (Wildman–Crippen LogP) is 1.24. The van der Waals surface area contributed by atoms with Gasteiger partial charge in [0.1, 0.15) is 0 Å². The second-order valence-corrected chi connectivity index (χ2v) is 1.93. The van der Waals surface area contributed by atoms with E-state index in [1.807, 2.05) is 0 Å². The summed E-state index contributed by atoms with van der Waals surface area (Å²) in [6.45, 7) is 6.00. The van der Waals surface area contributed by atoms with Gasteiger partial charge >= 0.3 is 0 Å². The molecule has 1 rings (SSSR count). The second-order valence-electron chi connectivity index (χ2n) is 1.93. The van der Waals surface area contributed by atoms with Crippen molar-refractivity contribution in [2.45, 2.75) is 0 Å². The van der Waals surface area contributed by atoms with E-state index in [-0.39, 0.29) is 0 Å². The summed E-state index contributed by atoms with van der Waals surface area (Å²) in [7, 11) is 0. The molecule has 0 aliphatic carbocycles. The van der Waals surface area contributed by atoms with Crippen molar-refractivity contribution in [1.82, 2.24) is 0 Å². The molecule has 60 valence electrons. The van der Waals surface area contributed by atoms with E-state index >= 15 is 0 Å². The zero-order chi connectivity index (χ0) is 8.85. The van der Waals surface area contributed by atoms with Gasteiger partial charge in [-0.3, -0.25) is 0 Å². The Kier molecular flexibility index (Phi) is 3.59. The third kappa shape index (κ3) is 3.15. The van der Waals surface area contributed by atoms with Gasteiger partial charge in [-0.05, 0) is 18.2 Å². The van der Waals surface area contributed by atoms with Gasteiger partial charge in [0.25, 0.3) is 0 Å². The van der Waals surface area contributed by atoms with E-state index in [9.17, 15) is 0 Å². The molecular weight excluding hydrogens is 138 g/mol. The van der Waals surface area contributed by atoms with Gasteiger partial charge in [-0.25, -0.2) is 0 Å². The number of anilines is 3. The van der Waals surface area contributed by atoms with Gasteiger partial charge in [0.2, 0.25) is 0 Å². The minimum absolute atomic E-state index is 0.604. The van der Waals surface area contributed by atoms with Crippen LogP contribution >= 0.6 is 0 Å². The summed E-state index contributed by atoms with van der Waals surface area (Å²) < 4.78 is 0. The first-order valence-corrected chi connectivity index (χ1v) is 3.10. The van der Waals surface area contributed by atoms with Crippen LogP contribution in [0.4, 0.5) is 17.1 Å². The lowest BCUT2D eigenvalue weighted by Gasteiger charge is -1.97. The molecule has 0 amide bonds. The topological polar surface area (TPSA) is 78.1 Å². The zero-order valence-electron chi connectivity index (χ0n) is 6.38. The number of nitrogen functional groups attached to an aromatic ring is 3. The summed E-state index contributed by atoms with van der Waals surface area (Å²) in [5.41, 5.74) is 18.0. The van der Waals surface area contributed by atoms with E-state index in [1.165, 1.54) is 0 Å². The van der Waals surface area contributed by atoms with Gasteiger partial charge in [-0.1, -0.05) is 0 Å². The normalized spacial score (nSPS) is 8.00. The van der Waals surface area contributed by atoms with Crippen LogP contribution in [0.2, 0.25) is 0 Å². The number of nitrogens with two attached hydrogens (primary N) is 3. The largest absolute Gasteiger partial charge is 0.399 e. The van der Waals surface area contributed by atoms with Crippen LogP contribution in [-0.2, 0) is 0 Å². The Balaban J connectivity index is 0.000000461. The number of rotatable bonds is 0. The highest BCUT2D eigenvalue weighted by atomic mass is 14.6. The highest BCUT2D eigenvalue weighted by molar-refractivity contribution is 5.61. The van der Waals surface area contributed by atoms with Crippen LogP contribution in [0.1, 0.15) is 0 Å². The van der Waals surface area contributed by atoms with Crippen molar-refractivity contribution in [1.29, 1.82) is 0 Å². The predicted molar refractivity (Wildman–Crippen MR) is 50.9 cm³/mol. The minimum atomic E-state index is 0.604. The van der Waals surface area contributed by atoms with E-state index in [0.29, 0.717) is 17.1 Å². The monoisotopic (exact) mass is 151 g/mol. The van der Waals surface area contributed by atoms with Gasteiger partial charge in [0.15, 0.2) is 0 Å². The van der Waals surface area contributed by atoms with E-state index in [2.05, 4.69) is 13.2 Å². The Labute approximate surface area is 66.5 Å². The molecule has 11 heavy (non-hydrogen) atoms. The molecule has 3 heteroatoms. The Bertz CT molecular complexity index is 182. The maximum Gasteiger partial charge on any atom is 0.0355 e. The highest BCUT2D eigenvalue weighted by Crippen LogP contribution is 2.14. The highest BCUT2D eigenvalue weighted by Gasteiger charge is 1.89. The molecule has 1 aromatic carbocycles. The molecule has 0 radical (unpaired) electrons. The van der Waals surface area contributed by atoms with Crippen molar-refractivity contribution >= 4 is 17.1 Å². The Morgan fingerprint density at radius 3 is 1.09 bits per heavy atom. The summed E-state index contributed by atoms with van der Waals surface area (Å²) >= 11 is 0. The van der Waals surface area contributed by atoms with E-state index in [0.717, 1.165) is 0 Å².